The number of H-pyrrole nitrogens is 1. The number of rotatable bonds is 9. The van der Waals surface area contributed by atoms with Crippen molar-refractivity contribution in [1.82, 2.24) is 10.3 Å². The van der Waals surface area contributed by atoms with E-state index in [4.69, 9.17) is 9.84 Å². The van der Waals surface area contributed by atoms with Crippen LogP contribution in [0.5, 0.6) is 5.75 Å². The predicted octanol–water partition coefficient (Wildman–Crippen LogP) is 2.39. The molecule has 0 bridgehead atoms. The van der Waals surface area contributed by atoms with E-state index in [0.717, 1.165) is 5.56 Å². The summed E-state index contributed by atoms with van der Waals surface area (Å²) in [5.41, 5.74) is 1.70. The zero-order valence-electron chi connectivity index (χ0n) is 13.9. The van der Waals surface area contributed by atoms with Gasteiger partial charge in [0, 0.05) is 24.7 Å². The van der Waals surface area contributed by atoms with E-state index in [1.165, 1.54) is 19.2 Å². The minimum Gasteiger partial charge on any atom is -0.494 e. The first-order valence-corrected chi connectivity index (χ1v) is 7.87. The number of hydrogen-bond acceptors (Lipinski definition) is 4. The second-order valence-corrected chi connectivity index (χ2v) is 5.53. The van der Waals surface area contributed by atoms with E-state index in [1.807, 2.05) is 12.1 Å². The summed E-state index contributed by atoms with van der Waals surface area (Å²) in [4.78, 5) is 36.4. The Bertz CT molecular complexity index is 749. The fourth-order valence-electron chi connectivity index (χ4n) is 2.12. The Morgan fingerprint density at radius 2 is 1.92 bits per heavy atom. The van der Waals surface area contributed by atoms with E-state index >= 15 is 0 Å². The van der Waals surface area contributed by atoms with Gasteiger partial charge in [0.15, 0.2) is 5.78 Å². The minimum atomic E-state index is -0.841. The molecule has 1 aromatic carbocycles. The maximum absolute atomic E-state index is 12.0. The second-order valence-electron chi connectivity index (χ2n) is 5.53. The number of amides is 1. The van der Waals surface area contributed by atoms with Gasteiger partial charge in [0.25, 0.3) is 5.91 Å². The van der Waals surface area contributed by atoms with Crippen LogP contribution >= 0.6 is 0 Å². The molecule has 2 rings (SSSR count). The highest BCUT2D eigenvalue weighted by Crippen LogP contribution is 2.13. The van der Waals surface area contributed by atoms with E-state index in [2.05, 4.69) is 10.3 Å². The summed E-state index contributed by atoms with van der Waals surface area (Å²) in [5.74, 6) is -0.584. The Kier molecular flexibility index (Phi) is 6.33. The maximum Gasteiger partial charge on any atom is 0.303 e. The van der Waals surface area contributed by atoms with Crippen molar-refractivity contribution in [1.29, 1.82) is 0 Å². The van der Waals surface area contributed by atoms with Crippen LogP contribution in [0.2, 0.25) is 0 Å². The van der Waals surface area contributed by atoms with Gasteiger partial charge in [-0.3, -0.25) is 14.4 Å². The molecule has 132 valence electrons. The highest BCUT2D eigenvalue weighted by atomic mass is 16.5. The molecule has 2 aromatic rings. The number of benzene rings is 1. The van der Waals surface area contributed by atoms with Crippen LogP contribution in [0, 0.1) is 0 Å². The Morgan fingerprint density at radius 1 is 1.20 bits per heavy atom. The van der Waals surface area contributed by atoms with E-state index in [-0.39, 0.29) is 18.1 Å². The van der Waals surface area contributed by atoms with Crippen LogP contribution in [0.4, 0.5) is 0 Å². The van der Waals surface area contributed by atoms with Crippen LogP contribution in [0.25, 0.3) is 0 Å². The number of aromatic amines is 1. The summed E-state index contributed by atoms with van der Waals surface area (Å²) in [6.07, 6.45) is 2.04. The molecule has 0 aliphatic rings. The van der Waals surface area contributed by atoms with Gasteiger partial charge < -0.3 is 20.1 Å². The largest absolute Gasteiger partial charge is 0.494 e. The molecule has 0 saturated carbocycles. The molecule has 1 aromatic heterocycles. The molecule has 0 fully saturated rings. The fourth-order valence-corrected chi connectivity index (χ4v) is 2.12. The van der Waals surface area contributed by atoms with Crippen LogP contribution < -0.4 is 10.1 Å². The predicted molar refractivity (Wildman–Crippen MR) is 90.8 cm³/mol. The van der Waals surface area contributed by atoms with Gasteiger partial charge in [-0.05, 0) is 37.1 Å². The van der Waals surface area contributed by atoms with Gasteiger partial charge in [-0.2, -0.15) is 0 Å². The van der Waals surface area contributed by atoms with Crippen LogP contribution in [0.1, 0.15) is 46.2 Å². The lowest BCUT2D eigenvalue weighted by Crippen LogP contribution is -2.23. The molecule has 0 aliphatic heterocycles. The van der Waals surface area contributed by atoms with Crippen LogP contribution in [-0.2, 0) is 11.3 Å². The Hall–Kier alpha value is -3.09. The molecule has 0 saturated heterocycles. The molecule has 25 heavy (non-hydrogen) atoms. The van der Waals surface area contributed by atoms with Gasteiger partial charge in [0.2, 0.25) is 0 Å². The number of hydrogen-bond donors (Lipinski definition) is 3. The van der Waals surface area contributed by atoms with Crippen molar-refractivity contribution in [3.8, 4) is 5.75 Å². The number of carbonyl (C=O) groups excluding carboxylic acids is 2. The molecule has 3 N–H and O–H groups in total. The van der Waals surface area contributed by atoms with Gasteiger partial charge in [0.05, 0.1) is 6.61 Å². The number of carbonyl (C=O) groups is 3. The maximum atomic E-state index is 12.0. The number of aromatic nitrogens is 1. The lowest BCUT2D eigenvalue weighted by molar-refractivity contribution is -0.137. The van der Waals surface area contributed by atoms with Crippen molar-refractivity contribution in [2.75, 3.05) is 6.61 Å². The SMILES string of the molecule is CC(=O)c1c[nH]c(C(=O)NCc2ccc(OCCCC(=O)O)cc2)c1. The lowest BCUT2D eigenvalue weighted by Gasteiger charge is -2.07. The smallest absolute Gasteiger partial charge is 0.303 e. The van der Waals surface area contributed by atoms with Crippen molar-refractivity contribution in [3.05, 3.63) is 53.3 Å². The quantitative estimate of drug-likeness (QED) is 0.478. The summed E-state index contributed by atoms with van der Waals surface area (Å²) in [7, 11) is 0. The molecule has 0 aliphatic carbocycles. The number of Topliss-reactive ketones (excluding diaryl/α,β-unsaturated/α-hetero) is 1. The Balaban J connectivity index is 1.79. The number of nitrogens with one attached hydrogen (secondary N) is 2. The molecule has 0 radical (unpaired) electrons. The molecule has 7 heteroatoms. The zero-order chi connectivity index (χ0) is 18.2. The van der Waals surface area contributed by atoms with Crippen LogP contribution in [-0.4, -0.2) is 34.4 Å². The topological polar surface area (TPSA) is 108 Å². The zero-order valence-corrected chi connectivity index (χ0v) is 13.9. The van der Waals surface area contributed by atoms with Gasteiger partial charge in [-0.1, -0.05) is 12.1 Å². The molecular formula is C18H20N2O5. The molecule has 1 heterocycles. The molecule has 0 spiro atoms. The Morgan fingerprint density at radius 3 is 2.52 bits per heavy atom. The molecule has 0 unspecified atom stereocenters. The third kappa shape index (κ3) is 5.80. The van der Waals surface area contributed by atoms with E-state index in [0.29, 0.717) is 36.6 Å². The molecule has 1 amide bonds. The molecule has 7 nitrogen and oxygen atoms in total. The summed E-state index contributed by atoms with van der Waals surface area (Å²) in [6.45, 7) is 2.12. The van der Waals surface area contributed by atoms with Crippen LogP contribution in [0.15, 0.2) is 36.5 Å². The van der Waals surface area contributed by atoms with Gasteiger partial charge >= 0.3 is 5.97 Å². The lowest BCUT2D eigenvalue weighted by atomic mass is 10.2. The monoisotopic (exact) mass is 344 g/mol. The molecule has 0 atom stereocenters. The first kappa shape index (κ1) is 18.3. The minimum absolute atomic E-state index is 0.0776. The third-order valence-corrected chi connectivity index (χ3v) is 3.51. The van der Waals surface area contributed by atoms with Gasteiger partial charge in [-0.25, -0.2) is 0 Å². The average Bonchev–Trinajstić information content (AvgIpc) is 3.08. The van der Waals surface area contributed by atoms with E-state index < -0.39 is 5.97 Å². The highest BCUT2D eigenvalue weighted by Gasteiger charge is 2.10. The number of aliphatic carboxylic acids is 1. The van der Waals surface area contributed by atoms with Crippen molar-refractivity contribution in [2.45, 2.75) is 26.3 Å². The normalized spacial score (nSPS) is 10.3. The van der Waals surface area contributed by atoms with Gasteiger partial charge in [-0.15, -0.1) is 0 Å². The van der Waals surface area contributed by atoms with Crippen molar-refractivity contribution in [2.24, 2.45) is 0 Å². The summed E-state index contributed by atoms with van der Waals surface area (Å²) in [5, 5.41) is 11.3. The number of carboxylic acids is 1. The van der Waals surface area contributed by atoms with Crippen molar-refractivity contribution in [3.63, 3.8) is 0 Å². The van der Waals surface area contributed by atoms with Crippen molar-refractivity contribution < 1.29 is 24.2 Å². The van der Waals surface area contributed by atoms with Crippen molar-refractivity contribution >= 4 is 17.7 Å². The summed E-state index contributed by atoms with van der Waals surface area (Å²) < 4.78 is 5.44. The first-order valence-electron chi connectivity index (χ1n) is 7.87. The van der Waals surface area contributed by atoms with E-state index in [9.17, 15) is 14.4 Å². The summed E-state index contributed by atoms with van der Waals surface area (Å²) in [6, 6.07) is 8.70. The van der Waals surface area contributed by atoms with E-state index in [1.54, 1.807) is 12.1 Å². The van der Waals surface area contributed by atoms with Crippen LogP contribution in [0.3, 0.4) is 0 Å². The first-order chi connectivity index (χ1) is 12.0. The standard InChI is InChI=1S/C18H20N2O5/c1-12(21)14-9-16(19-11-14)18(24)20-10-13-4-6-15(7-5-13)25-8-2-3-17(22)23/h4-7,9,11,19H,2-3,8,10H2,1H3,(H,20,24)(H,22,23). The number of ether oxygens (including phenoxy) is 1. The third-order valence-electron chi connectivity index (χ3n) is 3.51. The highest BCUT2D eigenvalue weighted by molar-refractivity contribution is 5.99. The number of carboxylic acid groups (broad SMARTS) is 1. The average molecular weight is 344 g/mol. The fraction of sp³-hybridized carbons (Fsp3) is 0.278. The molecular weight excluding hydrogens is 324 g/mol. The number of ketones is 1. The summed E-state index contributed by atoms with van der Waals surface area (Å²) >= 11 is 0. The second kappa shape index (κ2) is 8.68. The van der Waals surface area contributed by atoms with Gasteiger partial charge in [0.1, 0.15) is 11.4 Å². The Labute approximate surface area is 145 Å².